The fourth-order valence-electron chi connectivity index (χ4n) is 1.75. The Morgan fingerprint density at radius 3 is 2.83 bits per heavy atom. The van der Waals surface area contributed by atoms with Crippen LogP contribution in [-0.2, 0) is 6.54 Å². The minimum Gasteiger partial charge on any atom is -0.337 e. The van der Waals surface area contributed by atoms with Crippen LogP contribution in [0, 0.1) is 6.92 Å². The minimum absolute atomic E-state index is 0.0387. The van der Waals surface area contributed by atoms with E-state index in [0.29, 0.717) is 6.54 Å². The standard InChI is InChI=1S/C14H15NOS2/c1-10-5-6-11(17)8-13(10)14(16)15(2)9-12-4-3-7-18-12/h3-8,17H,9H2,1-2H3. The van der Waals surface area contributed by atoms with Gasteiger partial charge in [-0.2, -0.15) is 0 Å². The molecule has 2 aromatic rings. The summed E-state index contributed by atoms with van der Waals surface area (Å²) in [6.45, 7) is 2.59. The molecule has 0 saturated heterocycles. The Bertz CT molecular complexity index is 549. The SMILES string of the molecule is Cc1ccc(S)cc1C(=O)N(C)Cc1cccs1. The summed E-state index contributed by atoms with van der Waals surface area (Å²) in [5.41, 5.74) is 1.71. The molecule has 0 aliphatic carbocycles. The van der Waals surface area contributed by atoms with Gasteiger partial charge in [-0.05, 0) is 36.1 Å². The number of thiol groups is 1. The summed E-state index contributed by atoms with van der Waals surface area (Å²) in [7, 11) is 1.83. The van der Waals surface area contributed by atoms with Gasteiger partial charge in [-0.3, -0.25) is 4.79 Å². The second kappa shape index (κ2) is 5.59. The molecule has 0 spiro atoms. The van der Waals surface area contributed by atoms with Crippen LogP contribution in [0.15, 0.2) is 40.6 Å². The highest BCUT2D eigenvalue weighted by Gasteiger charge is 2.14. The van der Waals surface area contributed by atoms with E-state index in [1.807, 2.05) is 49.7 Å². The van der Waals surface area contributed by atoms with Crippen molar-refractivity contribution in [1.82, 2.24) is 4.90 Å². The third-order valence-corrected chi connectivity index (χ3v) is 3.91. The summed E-state index contributed by atoms with van der Waals surface area (Å²) in [6, 6.07) is 9.68. The van der Waals surface area contributed by atoms with Gasteiger partial charge in [0.25, 0.3) is 5.91 Å². The Kier molecular flexibility index (Phi) is 4.09. The lowest BCUT2D eigenvalue weighted by Crippen LogP contribution is -2.26. The van der Waals surface area contributed by atoms with Crippen molar-refractivity contribution in [3.05, 3.63) is 51.7 Å². The van der Waals surface area contributed by atoms with Gasteiger partial charge in [-0.15, -0.1) is 24.0 Å². The van der Waals surface area contributed by atoms with Gasteiger partial charge in [-0.25, -0.2) is 0 Å². The number of rotatable bonds is 3. The maximum absolute atomic E-state index is 12.3. The summed E-state index contributed by atoms with van der Waals surface area (Å²) < 4.78 is 0. The molecular weight excluding hydrogens is 262 g/mol. The summed E-state index contributed by atoms with van der Waals surface area (Å²) in [5, 5.41) is 2.02. The number of carbonyl (C=O) groups is 1. The normalized spacial score (nSPS) is 10.4. The van der Waals surface area contributed by atoms with Gasteiger partial charge in [0, 0.05) is 22.4 Å². The van der Waals surface area contributed by atoms with E-state index in [2.05, 4.69) is 12.6 Å². The number of thiophene rings is 1. The average Bonchev–Trinajstić information content (AvgIpc) is 2.84. The van der Waals surface area contributed by atoms with E-state index < -0.39 is 0 Å². The minimum atomic E-state index is 0.0387. The molecule has 2 rings (SSSR count). The van der Waals surface area contributed by atoms with Crippen molar-refractivity contribution in [2.75, 3.05) is 7.05 Å². The van der Waals surface area contributed by atoms with E-state index in [1.54, 1.807) is 16.2 Å². The molecule has 1 aromatic carbocycles. The molecule has 0 radical (unpaired) electrons. The summed E-state index contributed by atoms with van der Waals surface area (Å²) in [4.78, 5) is 16.1. The van der Waals surface area contributed by atoms with Crippen molar-refractivity contribution >= 4 is 29.9 Å². The Balaban J connectivity index is 2.17. The van der Waals surface area contributed by atoms with E-state index in [4.69, 9.17) is 0 Å². The third kappa shape index (κ3) is 2.94. The quantitative estimate of drug-likeness (QED) is 0.850. The van der Waals surface area contributed by atoms with Crippen molar-refractivity contribution in [2.45, 2.75) is 18.4 Å². The lowest BCUT2D eigenvalue weighted by atomic mass is 10.1. The molecule has 0 saturated carbocycles. The van der Waals surface area contributed by atoms with Crippen LogP contribution in [0.4, 0.5) is 0 Å². The van der Waals surface area contributed by atoms with Crippen molar-refractivity contribution in [3.63, 3.8) is 0 Å². The summed E-state index contributed by atoms with van der Waals surface area (Å²) in [6.07, 6.45) is 0. The first-order chi connectivity index (χ1) is 8.58. The van der Waals surface area contributed by atoms with Gasteiger partial charge in [0.05, 0.1) is 6.54 Å². The van der Waals surface area contributed by atoms with E-state index in [-0.39, 0.29) is 5.91 Å². The predicted molar refractivity (Wildman–Crippen MR) is 78.5 cm³/mol. The molecule has 0 N–H and O–H groups in total. The number of benzene rings is 1. The molecule has 2 nitrogen and oxygen atoms in total. The van der Waals surface area contributed by atoms with Crippen LogP contribution in [0.5, 0.6) is 0 Å². The first kappa shape index (κ1) is 13.2. The van der Waals surface area contributed by atoms with Crippen molar-refractivity contribution in [1.29, 1.82) is 0 Å². The second-order valence-corrected chi connectivity index (χ2v) is 5.79. The molecule has 0 aliphatic rings. The largest absolute Gasteiger partial charge is 0.337 e. The highest BCUT2D eigenvalue weighted by atomic mass is 32.1. The zero-order chi connectivity index (χ0) is 13.1. The zero-order valence-corrected chi connectivity index (χ0v) is 12.1. The molecule has 0 unspecified atom stereocenters. The number of carbonyl (C=O) groups excluding carboxylic acids is 1. The number of hydrogen-bond donors (Lipinski definition) is 1. The number of nitrogens with zero attached hydrogens (tertiary/aromatic N) is 1. The fraction of sp³-hybridized carbons (Fsp3) is 0.214. The molecule has 1 aromatic heterocycles. The van der Waals surface area contributed by atoms with Crippen LogP contribution < -0.4 is 0 Å². The molecule has 1 heterocycles. The topological polar surface area (TPSA) is 20.3 Å². The smallest absolute Gasteiger partial charge is 0.254 e. The monoisotopic (exact) mass is 277 g/mol. The average molecular weight is 277 g/mol. The molecule has 0 fully saturated rings. The summed E-state index contributed by atoms with van der Waals surface area (Å²) in [5.74, 6) is 0.0387. The molecule has 4 heteroatoms. The van der Waals surface area contributed by atoms with Gasteiger partial charge < -0.3 is 4.90 Å². The molecule has 0 atom stereocenters. The summed E-state index contributed by atoms with van der Waals surface area (Å²) >= 11 is 5.95. The number of hydrogen-bond acceptors (Lipinski definition) is 3. The zero-order valence-electron chi connectivity index (χ0n) is 10.4. The van der Waals surface area contributed by atoms with Gasteiger partial charge in [0.2, 0.25) is 0 Å². The maximum Gasteiger partial charge on any atom is 0.254 e. The third-order valence-electron chi connectivity index (χ3n) is 2.77. The van der Waals surface area contributed by atoms with Gasteiger partial charge in [0.1, 0.15) is 0 Å². The molecule has 1 amide bonds. The van der Waals surface area contributed by atoms with Gasteiger partial charge in [-0.1, -0.05) is 12.1 Å². The van der Waals surface area contributed by atoms with Crippen molar-refractivity contribution in [2.24, 2.45) is 0 Å². The van der Waals surface area contributed by atoms with E-state index in [0.717, 1.165) is 16.0 Å². The molecule has 0 bridgehead atoms. The van der Waals surface area contributed by atoms with Crippen LogP contribution in [-0.4, -0.2) is 17.9 Å². The highest BCUT2D eigenvalue weighted by molar-refractivity contribution is 7.80. The lowest BCUT2D eigenvalue weighted by Gasteiger charge is -2.17. The molecule has 18 heavy (non-hydrogen) atoms. The Labute approximate surface area is 117 Å². The maximum atomic E-state index is 12.3. The van der Waals surface area contributed by atoms with Crippen molar-refractivity contribution in [3.8, 4) is 0 Å². The second-order valence-electron chi connectivity index (χ2n) is 4.24. The Hall–Kier alpha value is -1.26. The number of aryl methyl sites for hydroxylation is 1. The van der Waals surface area contributed by atoms with Gasteiger partial charge >= 0.3 is 0 Å². The lowest BCUT2D eigenvalue weighted by molar-refractivity contribution is 0.0785. The van der Waals surface area contributed by atoms with E-state index in [1.165, 1.54) is 4.88 Å². The van der Waals surface area contributed by atoms with Crippen LogP contribution in [0.3, 0.4) is 0 Å². The highest BCUT2D eigenvalue weighted by Crippen LogP contribution is 2.18. The van der Waals surface area contributed by atoms with Crippen LogP contribution in [0.1, 0.15) is 20.8 Å². The van der Waals surface area contributed by atoms with Gasteiger partial charge in [0.15, 0.2) is 0 Å². The predicted octanol–water partition coefficient (Wildman–Crippen LogP) is 3.62. The van der Waals surface area contributed by atoms with Crippen LogP contribution >= 0.6 is 24.0 Å². The molecule has 0 aliphatic heterocycles. The van der Waals surface area contributed by atoms with Crippen LogP contribution in [0.2, 0.25) is 0 Å². The first-order valence-corrected chi connectivity index (χ1v) is 6.98. The Morgan fingerprint density at radius 2 is 2.17 bits per heavy atom. The fourth-order valence-corrected chi connectivity index (χ4v) is 2.72. The Morgan fingerprint density at radius 1 is 1.39 bits per heavy atom. The van der Waals surface area contributed by atoms with E-state index >= 15 is 0 Å². The first-order valence-electron chi connectivity index (χ1n) is 5.65. The van der Waals surface area contributed by atoms with Crippen molar-refractivity contribution < 1.29 is 4.79 Å². The molecule has 94 valence electrons. The number of amides is 1. The van der Waals surface area contributed by atoms with Crippen LogP contribution in [0.25, 0.3) is 0 Å². The van der Waals surface area contributed by atoms with E-state index in [9.17, 15) is 4.79 Å². The molecular formula is C14H15NOS2.